The van der Waals surface area contributed by atoms with Crippen molar-refractivity contribution in [1.82, 2.24) is 5.32 Å². The van der Waals surface area contributed by atoms with Crippen molar-refractivity contribution in [3.63, 3.8) is 0 Å². The topological polar surface area (TPSA) is 95.9 Å². The zero-order valence-electron chi connectivity index (χ0n) is 61.9. The van der Waals surface area contributed by atoms with E-state index in [1.807, 2.05) is 0 Å². The number of allylic oxidation sites excluding steroid dienone is 6. The number of rotatable bonds is 79. The number of aliphatic hydroxyl groups excluding tert-OH is 2. The molecule has 2 unspecified atom stereocenters. The average Bonchev–Trinajstić information content (AvgIpc) is 3.66. The molecule has 0 heterocycles. The lowest BCUT2D eigenvalue weighted by Gasteiger charge is -2.22. The summed E-state index contributed by atoms with van der Waals surface area (Å²) in [6.45, 7) is 4.96. The number of hydrogen-bond acceptors (Lipinski definition) is 5. The molecule has 0 fully saturated rings. The van der Waals surface area contributed by atoms with Gasteiger partial charge >= 0.3 is 5.97 Å². The number of hydrogen-bond donors (Lipinski definition) is 3. The van der Waals surface area contributed by atoms with Crippen molar-refractivity contribution in [3.05, 3.63) is 36.5 Å². The molecule has 6 heteroatoms. The minimum Gasteiger partial charge on any atom is -0.466 e. The van der Waals surface area contributed by atoms with Gasteiger partial charge in [-0.25, -0.2) is 0 Å². The van der Waals surface area contributed by atoms with Crippen LogP contribution in [-0.2, 0) is 14.3 Å². The number of ether oxygens (including phenoxy) is 1. The largest absolute Gasteiger partial charge is 0.466 e. The van der Waals surface area contributed by atoms with E-state index in [-0.39, 0.29) is 18.5 Å². The Bertz CT molecular complexity index is 1470. The van der Waals surface area contributed by atoms with Crippen LogP contribution in [0.4, 0.5) is 0 Å². The quantitative estimate of drug-likeness (QED) is 0.0320. The van der Waals surface area contributed by atoms with Gasteiger partial charge in [0.1, 0.15) is 0 Å². The first-order valence-electron chi connectivity index (χ1n) is 41.7. The van der Waals surface area contributed by atoms with Gasteiger partial charge in [0, 0.05) is 12.8 Å². The maximum absolute atomic E-state index is 12.6. The Morgan fingerprint density at radius 3 is 0.879 bits per heavy atom. The minimum atomic E-state index is -0.662. The molecule has 0 bridgehead atoms. The van der Waals surface area contributed by atoms with Crippen molar-refractivity contribution in [2.75, 3.05) is 13.2 Å². The number of unbranched alkanes of at least 4 members (excludes halogenated alkanes) is 62. The maximum atomic E-state index is 12.6. The molecule has 0 radical (unpaired) electrons. The maximum Gasteiger partial charge on any atom is 0.305 e. The van der Waals surface area contributed by atoms with Gasteiger partial charge < -0.3 is 20.3 Å². The molecule has 3 N–H and O–H groups in total. The van der Waals surface area contributed by atoms with Crippen molar-refractivity contribution in [2.45, 2.75) is 482 Å². The van der Waals surface area contributed by atoms with Crippen LogP contribution in [0.1, 0.15) is 470 Å². The van der Waals surface area contributed by atoms with Crippen LogP contribution < -0.4 is 5.32 Å². The molecule has 0 rings (SSSR count). The van der Waals surface area contributed by atoms with Crippen LogP contribution in [0.5, 0.6) is 0 Å². The first kappa shape index (κ1) is 89.1. The zero-order valence-corrected chi connectivity index (χ0v) is 61.9. The number of aliphatic hydroxyl groups is 2. The Morgan fingerprint density at radius 2 is 0.560 bits per heavy atom. The molecule has 0 aliphatic rings. The third-order valence-corrected chi connectivity index (χ3v) is 19.7. The summed E-state index contributed by atoms with van der Waals surface area (Å²) in [4.78, 5) is 24.6. The molecule has 0 aromatic rings. The van der Waals surface area contributed by atoms with Gasteiger partial charge in [-0.15, -0.1) is 0 Å². The van der Waals surface area contributed by atoms with Gasteiger partial charge in [0.05, 0.1) is 25.4 Å². The molecule has 0 aromatic carbocycles. The summed E-state index contributed by atoms with van der Waals surface area (Å²) in [6, 6.07) is -0.539. The number of carbonyl (C=O) groups is 2. The molecule has 0 aliphatic carbocycles. The van der Waals surface area contributed by atoms with Gasteiger partial charge in [0.15, 0.2) is 0 Å². The van der Waals surface area contributed by atoms with Crippen molar-refractivity contribution in [2.24, 2.45) is 0 Å². The van der Waals surface area contributed by atoms with Gasteiger partial charge in [-0.2, -0.15) is 0 Å². The molecule has 2 atom stereocenters. The first-order chi connectivity index (χ1) is 45.0. The van der Waals surface area contributed by atoms with Crippen LogP contribution in [0.25, 0.3) is 0 Å². The van der Waals surface area contributed by atoms with Crippen molar-refractivity contribution in [1.29, 1.82) is 0 Å². The third-order valence-electron chi connectivity index (χ3n) is 19.7. The Labute approximate surface area is 570 Å². The van der Waals surface area contributed by atoms with Crippen LogP contribution in [0, 0.1) is 0 Å². The minimum absolute atomic E-state index is 0.00843. The van der Waals surface area contributed by atoms with Crippen LogP contribution in [0.3, 0.4) is 0 Å². The van der Waals surface area contributed by atoms with Gasteiger partial charge in [-0.3, -0.25) is 9.59 Å². The number of nitrogens with one attached hydrogen (secondary N) is 1. The van der Waals surface area contributed by atoms with E-state index in [9.17, 15) is 19.8 Å². The lowest BCUT2D eigenvalue weighted by molar-refractivity contribution is -0.143. The lowest BCUT2D eigenvalue weighted by atomic mass is 10.0. The van der Waals surface area contributed by atoms with E-state index in [0.29, 0.717) is 25.9 Å². The predicted molar refractivity (Wildman–Crippen MR) is 403 cm³/mol. The molecule has 0 spiro atoms. The fraction of sp³-hybridized carbons (Fsp3) is 0.906. The van der Waals surface area contributed by atoms with Crippen molar-refractivity contribution in [3.8, 4) is 0 Å². The number of esters is 1. The molecule has 1 amide bonds. The lowest BCUT2D eigenvalue weighted by Crippen LogP contribution is -2.45. The van der Waals surface area contributed by atoms with Crippen LogP contribution >= 0.6 is 0 Å². The molecule has 6 nitrogen and oxygen atoms in total. The summed E-state index contributed by atoms with van der Waals surface area (Å²) in [5.41, 5.74) is 0. The summed E-state index contributed by atoms with van der Waals surface area (Å²) in [5.74, 6) is -0.0169. The van der Waals surface area contributed by atoms with Gasteiger partial charge in [-0.1, -0.05) is 416 Å². The van der Waals surface area contributed by atoms with Crippen molar-refractivity contribution >= 4 is 11.9 Å². The molecular weight excluding hydrogens is 1110 g/mol. The number of carbonyl (C=O) groups excluding carboxylic acids is 2. The van der Waals surface area contributed by atoms with Crippen LogP contribution in [-0.4, -0.2) is 47.4 Å². The van der Waals surface area contributed by atoms with Crippen molar-refractivity contribution < 1.29 is 24.5 Å². The smallest absolute Gasteiger partial charge is 0.305 e. The highest BCUT2D eigenvalue weighted by Crippen LogP contribution is 2.20. The SMILES string of the molecule is CCCC/C=C\C/C=C\CCCCCCCC(=O)OCCCCCCCCCCCCCCCCCCCC/C=C\CCCCCCCCCCCCCCCCCCCC(=O)NC(CO)C(O)CCCCCCCCCCCCCCCCCCCCCCC. The molecule has 0 aromatic heterocycles. The third kappa shape index (κ3) is 77.0. The zero-order chi connectivity index (χ0) is 65.6. The first-order valence-corrected chi connectivity index (χ1v) is 41.7. The van der Waals surface area contributed by atoms with E-state index in [1.54, 1.807) is 0 Å². The summed E-state index contributed by atoms with van der Waals surface area (Å²) in [7, 11) is 0. The average molecular weight is 1280 g/mol. The van der Waals surface area contributed by atoms with E-state index < -0.39 is 12.1 Å². The summed E-state index contributed by atoms with van der Waals surface area (Å²) in [6.07, 6.45) is 106. The highest BCUT2D eigenvalue weighted by molar-refractivity contribution is 5.76. The van der Waals surface area contributed by atoms with E-state index in [0.717, 1.165) is 51.4 Å². The molecular formula is C85H163NO5. The van der Waals surface area contributed by atoms with Gasteiger partial charge in [-0.05, 0) is 77.0 Å². The normalized spacial score (nSPS) is 12.6. The highest BCUT2D eigenvalue weighted by Gasteiger charge is 2.20. The summed E-state index contributed by atoms with van der Waals surface area (Å²) < 4.78 is 5.49. The molecule has 0 saturated carbocycles. The summed E-state index contributed by atoms with van der Waals surface area (Å²) in [5, 5.41) is 23.5. The van der Waals surface area contributed by atoms with E-state index in [1.165, 1.54) is 385 Å². The van der Waals surface area contributed by atoms with Crippen LogP contribution in [0.15, 0.2) is 36.5 Å². The standard InChI is InChI=1S/C85H163NO5/c1-3-5-7-9-11-13-15-17-19-20-21-41-44-47-50-53-57-61-65-69-73-77-83(88)82(81-87)86-84(89)78-74-70-66-62-58-54-51-48-45-42-39-37-35-33-31-29-27-25-23-22-24-26-28-30-32-34-36-38-40-43-46-49-52-56-60-64-68-72-76-80-91-85(90)79-75-71-67-63-59-55-18-16-14-12-10-8-6-4-2/h10,12,16,18,22-23,82-83,87-88H,3-9,11,13-15,17,19-21,24-81H2,1-2H3,(H,86,89)/b12-10-,18-16-,23-22-. The highest BCUT2D eigenvalue weighted by atomic mass is 16.5. The number of amides is 1. The predicted octanol–water partition coefficient (Wildman–Crippen LogP) is 27.8. The second-order valence-electron chi connectivity index (χ2n) is 28.8. The second kappa shape index (κ2) is 80.5. The van der Waals surface area contributed by atoms with Crippen LogP contribution in [0.2, 0.25) is 0 Å². The molecule has 0 saturated heterocycles. The van der Waals surface area contributed by atoms with E-state index in [4.69, 9.17) is 4.74 Å². The Hall–Kier alpha value is -1.92. The van der Waals surface area contributed by atoms with Gasteiger partial charge in [0.25, 0.3) is 0 Å². The van der Waals surface area contributed by atoms with Gasteiger partial charge in [0.2, 0.25) is 5.91 Å². The monoisotopic (exact) mass is 1280 g/mol. The molecule has 0 aliphatic heterocycles. The second-order valence-corrected chi connectivity index (χ2v) is 28.8. The Kier molecular flexibility index (Phi) is 78.8. The fourth-order valence-electron chi connectivity index (χ4n) is 13.3. The van der Waals surface area contributed by atoms with E-state index >= 15 is 0 Å². The van der Waals surface area contributed by atoms with E-state index in [2.05, 4.69) is 55.6 Å². The Balaban J connectivity index is 3.33. The summed E-state index contributed by atoms with van der Waals surface area (Å²) >= 11 is 0. The fourth-order valence-corrected chi connectivity index (χ4v) is 13.3. The Morgan fingerprint density at radius 1 is 0.308 bits per heavy atom. The molecule has 538 valence electrons. The molecule has 91 heavy (non-hydrogen) atoms.